The van der Waals surface area contributed by atoms with Crippen LogP contribution in [0.15, 0.2) is 113 Å². The summed E-state index contributed by atoms with van der Waals surface area (Å²) in [6.07, 6.45) is 0. The average Bonchev–Trinajstić information content (AvgIpc) is 3.13. The third-order valence-corrected chi connectivity index (χ3v) is 7.39. The van der Waals surface area contributed by atoms with Gasteiger partial charge < -0.3 is 0 Å². The standard InChI is InChI=1S/C32H27Br/c1-21-14-17-26(18-15-21)31-27-19-16-22(2)20-28(27)23(3)29(31)32(33)30(24-10-6-4-7-11-24)25-12-8-5-9-13-25/h4-20,23H,1-3H3. The van der Waals surface area contributed by atoms with Crippen molar-refractivity contribution in [1.82, 2.24) is 0 Å². The molecule has 5 rings (SSSR count). The van der Waals surface area contributed by atoms with Crippen LogP contribution < -0.4 is 0 Å². The molecule has 33 heavy (non-hydrogen) atoms. The third kappa shape index (κ3) is 4.03. The molecule has 162 valence electrons. The van der Waals surface area contributed by atoms with Gasteiger partial charge in [-0.3, -0.25) is 0 Å². The number of rotatable bonds is 4. The smallest absolute Gasteiger partial charge is 0.0304 e. The van der Waals surface area contributed by atoms with Crippen molar-refractivity contribution in [1.29, 1.82) is 0 Å². The minimum atomic E-state index is 0.285. The zero-order valence-corrected chi connectivity index (χ0v) is 20.9. The summed E-state index contributed by atoms with van der Waals surface area (Å²) in [7, 11) is 0. The molecule has 1 aliphatic carbocycles. The number of allylic oxidation sites excluding steroid dienone is 2. The van der Waals surface area contributed by atoms with Gasteiger partial charge in [-0.1, -0.05) is 121 Å². The summed E-state index contributed by atoms with van der Waals surface area (Å²) >= 11 is 4.14. The SMILES string of the molecule is Cc1ccc(C2=C(C(Br)=C(c3ccccc3)c3ccccc3)C(C)c3cc(C)ccc32)cc1. The largest absolute Gasteiger partial charge is 0.0622 e. The second-order valence-electron chi connectivity index (χ2n) is 8.89. The molecule has 0 aromatic heterocycles. The molecule has 0 fully saturated rings. The van der Waals surface area contributed by atoms with Crippen molar-refractivity contribution >= 4 is 27.1 Å². The van der Waals surface area contributed by atoms with Crippen LogP contribution in [0.3, 0.4) is 0 Å². The molecule has 0 aliphatic heterocycles. The Morgan fingerprint density at radius 2 is 1.21 bits per heavy atom. The van der Waals surface area contributed by atoms with Gasteiger partial charge in [-0.15, -0.1) is 0 Å². The van der Waals surface area contributed by atoms with E-state index in [0.29, 0.717) is 0 Å². The minimum absolute atomic E-state index is 0.285. The summed E-state index contributed by atoms with van der Waals surface area (Å²) in [5, 5.41) is 0. The van der Waals surface area contributed by atoms with Crippen LogP contribution in [0.25, 0.3) is 11.1 Å². The molecule has 0 bridgehead atoms. The number of hydrogen-bond acceptors (Lipinski definition) is 0. The highest BCUT2D eigenvalue weighted by molar-refractivity contribution is 9.12. The van der Waals surface area contributed by atoms with Gasteiger partial charge in [0, 0.05) is 16.0 Å². The first-order chi connectivity index (χ1) is 16.0. The van der Waals surface area contributed by atoms with E-state index in [2.05, 4.69) is 140 Å². The van der Waals surface area contributed by atoms with Crippen molar-refractivity contribution < 1.29 is 0 Å². The summed E-state index contributed by atoms with van der Waals surface area (Å²) in [5.74, 6) is 0.285. The number of hydrogen-bond donors (Lipinski definition) is 0. The van der Waals surface area contributed by atoms with Gasteiger partial charge in [0.25, 0.3) is 0 Å². The molecule has 1 aliphatic rings. The second kappa shape index (κ2) is 9.00. The van der Waals surface area contributed by atoms with E-state index in [9.17, 15) is 0 Å². The summed E-state index contributed by atoms with van der Waals surface area (Å²) in [5.41, 5.74) is 12.9. The molecule has 0 saturated carbocycles. The fourth-order valence-electron chi connectivity index (χ4n) is 4.88. The van der Waals surface area contributed by atoms with Crippen LogP contribution in [0.4, 0.5) is 0 Å². The van der Waals surface area contributed by atoms with Crippen LogP contribution in [0, 0.1) is 13.8 Å². The van der Waals surface area contributed by atoms with Crippen molar-refractivity contribution in [2.75, 3.05) is 0 Å². The minimum Gasteiger partial charge on any atom is -0.0622 e. The van der Waals surface area contributed by atoms with Crippen LogP contribution in [-0.2, 0) is 0 Å². The van der Waals surface area contributed by atoms with Gasteiger partial charge >= 0.3 is 0 Å². The summed E-state index contributed by atoms with van der Waals surface area (Å²) in [6.45, 7) is 6.66. The normalized spacial score (nSPS) is 14.8. The number of halogens is 1. The van der Waals surface area contributed by atoms with Crippen LogP contribution >= 0.6 is 15.9 Å². The summed E-state index contributed by atoms with van der Waals surface area (Å²) < 4.78 is 1.16. The highest BCUT2D eigenvalue weighted by atomic mass is 79.9. The van der Waals surface area contributed by atoms with Gasteiger partial charge in [-0.2, -0.15) is 0 Å². The first-order valence-electron chi connectivity index (χ1n) is 11.5. The molecule has 4 aromatic carbocycles. The lowest BCUT2D eigenvalue weighted by atomic mass is 9.90. The fraction of sp³-hybridized carbons (Fsp3) is 0.125. The van der Waals surface area contributed by atoms with Crippen LogP contribution in [0.5, 0.6) is 0 Å². The Bertz CT molecular complexity index is 1320. The first kappa shape index (κ1) is 21.7. The molecule has 0 amide bonds. The maximum Gasteiger partial charge on any atom is 0.0304 e. The molecule has 0 nitrogen and oxygen atoms in total. The molecule has 0 heterocycles. The molecule has 1 atom stereocenters. The maximum atomic E-state index is 4.14. The predicted molar refractivity (Wildman–Crippen MR) is 145 cm³/mol. The average molecular weight is 491 g/mol. The van der Waals surface area contributed by atoms with E-state index in [0.717, 1.165) is 4.48 Å². The fourth-order valence-corrected chi connectivity index (χ4v) is 5.88. The molecule has 0 spiro atoms. The zero-order valence-electron chi connectivity index (χ0n) is 19.3. The van der Waals surface area contributed by atoms with Gasteiger partial charge in [0.2, 0.25) is 0 Å². The monoisotopic (exact) mass is 490 g/mol. The van der Waals surface area contributed by atoms with E-state index in [1.807, 2.05) is 0 Å². The maximum absolute atomic E-state index is 4.14. The topological polar surface area (TPSA) is 0 Å². The lowest BCUT2D eigenvalue weighted by molar-refractivity contribution is 0.942. The molecule has 0 saturated heterocycles. The molecule has 0 radical (unpaired) electrons. The second-order valence-corrected chi connectivity index (χ2v) is 9.68. The molecular formula is C32H27Br. The van der Waals surface area contributed by atoms with Crippen LogP contribution in [-0.4, -0.2) is 0 Å². The van der Waals surface area contributed by atoms with E-state index in [-0.39, 0.29) is 5.92 Å². The number of fused-ring (bicyclic) bond motifs is 1. The Morgan fingerprint density at radius 3 is 1.79 bits per heavy atom. The van der Waals surface area contributed by atoms with Gasteiger partial charge in [0.15, 0.2) is 0 Å². The quantitative estimate of drug-likeness (QED) is 0.267. The van der Waals surface area contributed by atoms with Gasteiger partial charge in [-0.05, 0) is 68.7 Å². The van der Waals surface area contributed by atoms with Crippen molar-refractivity contribution in [2.24, 2.45) is 0 Å². The molecule has 1 heteroatoms. The third-order valence-electron chi connectivity index (χ3n) is 6.57. The van der Waals surface area contributed by atoms with Gasteiger partial charge in [-0.25, -0.2) is 0 Å². The van der Waals surface area contributed by atoms with E-state index in [4.69, 9.17) is 0 Å². The summed E-state index contributed by atoms with van der Waals surface area (Å²) in [4.78, 5) is 0. The van der Waals surface area contributed by atoms with Gasteiger partial charge in [0.05, 0.1) is 0 Å². The van der Waals surface area contributed by atoms with E-state index < -0.39 is 0 Å². The van der Waals surface area contributed by atoms with Crippen molar-refractivity contribution in [3.8, 4) is 0 Å². The van der Waals surface area contributed by atoms with E-state index in [1.165, 1.54) is 55.7 Å². The van der Waals surface area contributed by atoms with Crippen molar-refractivity contribution in [2.45, 2.75) is 26.7 Å². The molecule has 4 aromatic rings. The number of aryl methyl sites for hydroxylation is 2. The highest BCUT2D eigenvalue weighted by Crippen LogP contribution is 2.51. The lowest BCUT2D eigenvalue weighted by Gasteiger charge is -2.18. The molecule has 1 unspecified atom stereocenters. The first-order valence-corrected chi connectivity index (χ1v) is 12.3. The zero-order chi connectivity index (χ0) is 22.9. The Kier molecular flexibility index (Phi) is 5.91. The predicted octanol–water partition coefficient (Wildman–Crippen LogP) is 9.08. The van der Waals surface area contributed by atoms with Gasteiger partial charge in [0.1, 0.15) is 0 Å². The molecule has 0 N–H and O–H groups in total. The summed E-state index contributed by atoms with van der Waals surface area (Å²) in [6, 6.07) is 37.3. The Balaban J connectivity index is 1.84. The molecular weight excluding hydrogens is 464 g/mol. The lowest BCUT2D eigenvalue weighted by Crippen LogP contribution is -1.99. The Labute approximate surface area is 205 Å². The Morgan fingerprint density at radius 1 is 0.667 bits per heavy atom. The van der Waals surface area contributed by atoms with Crippen LogP contribution in [0.2, 0.25) is 0 Å². The van der Waals surface area contributed by atoms with Crippen molar-refractivity contribution in [3.05, 3.63) is 152 Å². The van der Waals surface area contributed by atoms with Crippen molar-refractivity contribution in [3.63, 3.8) is 0 Å². The van der Waals surface area contributed by atoms with E-state index in [1.54, 1.807) is 0 Å². The Hall–Kier alpha value is -3.16. The van der Waals surface area contributed by atoms with Crippen LogP contribution in [0.1, 0.15) is 51.8 Å². The number of benzene rings is 4. The highest BCUT2D eigenvalue weighted by Gasteiger charge is 2.32. The van der Waals surface area contributed by atoms with E-state index >= 15 is 0 Å².